The van der Waals surface area contributed by atoms with Crippen LogP contribution in [-0.2, 0) is 17.6 Å². The normalized spacial score (nSPS) is 12.1. The number of carbonyl (C=O) groups is 1. The van der Waals surface area contributed by atoms with Crippen LogP contribution in [0.25, 0.3) is 21.9 Å². The smallest absolute Gasteiger partial charge is 0.339 e. The second kappa shape index (κ2) is 10.00. The van der Waals surface area contributed by atoms with Crippen LogP contribution in [0.2, 0.25) is 0 Å². The first-order valence-electron chi connectivity index (χ1n) is 11.5. The molecule has 1 unspecified atom stereocenters. The Balaban J connectivity index is 1.40. The van der Waals surface area contributed by atoms with Gasteiger partial charge in [-0.3, -0.25) is 4.79 Å². The van der Waals surface area contributed by atoms with Crippen LogP contribution >= 0.6 is 0 Å². The van der Waals surface area contributed by atoms with Crippen LogP contribution in [-0.4, -0.2) is 23.5 Å². The molecule has 2 aromatic carbocycles. The minimum absolute atomic E-state index is 0.0292. The molecular weight excluding hydrogens is 428 g/mol. The average molecular weight is 459 g/mol. The van der Waals surface area contributed by atoms with Crippen LogP contribution in [0.4, 0.5) is 0 Å². The lowest BCUT2D eigenvalue weighted by molar-refractivity contribution is -0.121. The number of carbonyl (C=O) groups excluding carboxylic acids is 1. The van der Waals surface area contributed by atoms with Gasteiger partial charge in [-0.05, 0) is 68.5 Å². The highest BCUT2D eigenvalue weighted by Gasteiger charge is 2.16. The van der Waals surface area contributed by atoms with E-state index in [1.807, 2.05) is 57.3 Å². The van der Waals surface area contributed by atoms with E-state index in [0.29, 0.717) is 29.9 Å². The summed E-state index contributed by atoms with van der Waals surface area (Å²) in [5.41, 5.74) is 4.58. The van der Waals surface area contributed by atoms with E-state index in [0.717, 1.165) is 28.5 Å². The van der Waals surface area contributed by atoms with E-state index in [9.17, 15) is 9.59 Å². The van der Waals surface area contributed by atoms with E-state index >= 15 is 0 Å². The van der Waals surface area contributed by atoms with Crippen molar-refractivity contribution in [2.75, 3.05) is 6.61 Å². The number of rotatable bonds is 9. The number of hydrogen-bond acceptors (Lipinski definition) is 4. The summed E-state index contributed by atoms with van der Waals surface area (Å²) < 4.78 is 11.2. The Kier molecular flexibility index (Phi) is 6.87. The molecule has 0 saturated heterocycles. The van der Waals surface area contributed by atoms with Gasteiger partial charge in [-0.2, -0.15) is 0 Å². The van der Waals surface area contributed by atoms with Crippen molar-refractivity contribution in [1.29, 1.82) is 0 Å². The molecule has 0 spiro atoms. The minimum atomic E-state index is -0.415. The second-order valence-corrected chi connectivity index (χ2v) is 8.93. The Hall–Kier alpha value is -3.80. The number of aryl methyl sites for hydroxylation is 1. The average Bonchev–Trinajstić information content (AvgIpc) is 3.20. The first-order chi connectivity index (χ1) is 16.3. The zero-order chi connectivity index (χ0) is 24.2. The molecule has 2 aromatic heterocycles. The Morgan fingerprint density at radius 2 is 2.00 bits per heavy atom. The standard InChI is InChI=1S/C28H30N2O4/c1-17(2)16-33-21-9-10-22-19(4)23(28(32)34-26(22)14-21)11-12-27(31)30-18(3)13-20-15-29-25-8-6-5-7-24(20)25/h5-10,14-15,18,29H,1,11-13,16H2,2-4H3,(H,30,31). The maximum atomic E-state index is 12.6. The zero-order valence-electron chi connectivity index (χ0n) is 19.9. The van der Waals surface area contributed by atoms with Gasteiger partial charge in [0.05, 0.1) is 0 Å². The molecule has 0 fully saturated rings. The second-order valence-electron chi connectivity index (χ2n) is 8.93. The summed E-state index contributed by atoms with van der Waals surface area (Å²) in [5, 5.41) is 5.06. The molecule has 34 heavy (non-hydrogen) atoms. The third kappa shape index (κ3) is 5.22. The van der Waals surface area contributed by atoms with E-state index in [2.05, 4.69) is 22.9 Å². The third-order valence-electron chi connectivity index (χ3n) is 5.95. The topological polar surface area (TPSA) is 84.3 Å². The predicted octanol–water partition coefficient (Wildman–Crippen LogP) is 5.22. The lowest BCUT2D eigenvalue weighted by Crippen LogP contribution is -2.34. The highest BCUT2D eigenvalue weighted by atomic mass is 16.5. The van der Waals surface area contributed by atoms with E-state index in [4.69, 9.17) is 9.15 Å². The largest absolute Gasteiger partial charge is 0.489 e. The first kappa shape index (κ1) is 23.4. The molecule has 6 nitrogen and oxygen atoms in total. The van der Waals surface area contributed by atoms with Crippen LogP contribution in [0, 0.1) is 6.92 Å². The van der Waals surface area contributed by atoms with Gasteiger partial charge in [0.15, 0.2) is 0 Å². The number of H-pyrrole nitrogens is 1. The van der Waals surface area contributed by atoms with Gasteiger partial charge in [0.1, 0.15) is 17.9 Å². The van der Waals surface area contributed by atoms with Crippen LogP contribution in [0.15, 0.2) is 70.0 Å². The molecule has 0 bridgehead atoms. The van der Waals surface area contributed by atoms with Crippen LogP contribution < -0.4 is 15.7 Å². The lowest BCUT2D eigenvalue weighted by atomic mass is 10.0. The van der Waals surface area contributed by atoms with E-state index in [1.165, 1.54) is 10.9 Å². The van der Waals surface area contributed by atoms with Gasteiger partial charge in [0, 0.05) is 46.6 Å². The lowest BCUT2D eigenvalue weighted by Gasteiger charge is -2.14. The third-order valence-corrected chi connectivity index (χ3v) is 5.95. The number of aromatic nitrogens is 1. The van der Waals surface area contributed by atoms with E-state index < -0.39 is 5.63 Å². The van der Waals surface area contributed by atoms with Gasteiger partial charge in [-0.25, -0.2) is 4.79 Å². The highest BCUT2D eigenvalue weighted by molar-refractivity contribution is 5.84. The molecule has 6 heteroatoms. The summed E-state index contributed by atoms with van der Waals surface area (Å²) in [6.07, 6.45) is 3.26. The van der Waals surface area contributed by atoms with Crippen LogP contribution in [0.1, 0.15) is 37.0 Å². The van der Waals surface area contributed by atoms with Crippen LogP contribution in [0.3, 0.4) is 0 Å². The number of ether oxygens (including phenoxy) is 1. The number of benzene rings is 2. The number of nitrogens with one attached hydrogen (secondary N) is 2. The van der Waals surface area contributed by atoms with Crippen molar-refractivity contribution < 1.29 is 13.9 Å². The summed E-state index contributed by atoms with van der Waals surface area (Å²) in [6, 6.07) is 13.5. The molecular formula is C28H30N2O4. The fraction of sp³-hybridized carbons (Fsp3) is 0.286. The predicted molar refractivity (Wildman–Crippen MR) is 135 cm³/mol. The molecule has 4 rings (SSSR count). The maximum absolute atomic E-state index is 12.6. The number of fused-ring (bicyclic) bond motifs is 2. The van der Waals surface area contributed by atoms with Gasteiger partial charge in [-0.15, -0.1) is 0 Å². The van der Waals surface area contributed by atoms with Crippen molar-refractivity contribution in [3.05, 3.63) is 87.9 Å². The molecule has 1 atom stereocenters. The fourth-order valence-corrected chi connectivity index (χ4v) is 4.23. The van der Waals surface area contributed by atoms with E-state index in [1.54, 1.807) is 6.07 Å². The maximum Gasteiger partial charge on any atom is 0.339 e. The Morgan fingerprint density at radius 3 is 2.79 bits per heavy atom. The molecule has 2 heterocycles. The van der Waals surface area contributed by atoms with E-state index in [-0.39, 0.29) is 18.4 Å². The number of para-hydroxylation sites is 1. The SMILES string of the molecule is C=C(C)COc1ccc2c(C)c(CCC(=O)NC(C)Cc3c[nH]c4ccccc34)c(=O)oc2c1. The van der Waals surface area contributed by atoms with Gasteiger partial charge < -0.3 is 19.5 Å². The van der Waals surface area contributed by atoms with Gasteiger partial charge in [0.2, 0.25) is 5.91 Å². The first-order valence-corrected chi connectivity index (χ1v) is 11.5. The summed E-state index contributed by atoms with van der Waals surface area (Å²) in [5.74, 6) is 0.532. The highest BCUT2D eigenvalue weighted by Crippen LogP contribution is 2.25. The molecule has 0 aliphatic rings. The Bertz CT molecular complexity index is 1410. The van der Waals surface area contributed by atoms with Crippen molar-refractivity contribution in [3.8, 4) is 5.75 Å². The van der Waals surface area contributed by atoms with Crippen LogP contribution in [0.5, 0.6) is 5.75 Å². The zero-order valence-corrected chi connectivity index (χ0v) is 19.9. The Morgan fingerprint density at radius 1 is 1.21 bits per heavy atom. The molecule has 4 aromatic rings. The molecule has 2 N–H and O–H groups in total. The molecule has 0 radical (unpaired) electrons. The quantitative estimate of drug-likeness (QED) is 0.266. The van der Waals surface area contributed by atoms with Crippen molar-refractivity contribution >= 4 is 27.8 Å². The number of amides is 1. The summed E-state index contributed by atoms with van der Waals surface area (Å²) in [6.45, 7) is 9.99. The Labute approximate surface area is 198 Å². The van der Waals surface area contributed by atoms with Gasteiger partial charge in [-0.1, -0.05) is 24.8 Å². The van der Waals surface area contributed by atoms with Gasteiger partial charge in [0.25, 0.3) is 0 Å². The monoisotopic (exact) mass is 458 g/mol. The van der Waals surface area contributed by atoms with Gasteiger partial charge >= 0.3 is 5.63 Å². The molecule has 176 valence electrons. The van der Waals surface area contributed by atoms with Crippen molar-refractivity contribution in [1.82, 2.24) is 10.3 Å². The number of hydrogen-bond donors (Lipinski definition) is 2. The molecule has 0 aliphatic heterocycles. The molecule has 0 saturated carbocycles. The van der Waals surface area contributed by atoms with Crippen molar-refractivity contribution in [3.63, 3.8) is 0 Å². The van der Waals surface area contributed by atoms with Crippen molar-refractivity contribution in [2.45, 2.75) is 46.1 Å². The summed E-state index contributed by atoms with van der Waals surface area (Å²) in [7, 11) is 0. The molecule has 0 aliphatic carbocycles. The number of aromatic amines is 1. The molecule has 1 amide bonds. The summed E-state index contributed by atoms with van der Waals surface area (Å²) >= 11 is 0. The summed E-state index contributed by atoms with van der Waals surface area (Å²) in [4.78, 5) is 28.5. The fourth-order valence-electron chi connectivity index (χ4n) is 4.23. The van der Waals surface area contributed by atoms with Crippen molar-refractivity contribution in [2.24, 2.45) is 0 Å². The minimum Gasteiger partial charge on any atom is -0.489 e.